The number of anilines is 2. The highest BCUT2D eigenvalue weighted by Crippen LogP contribution is 2.25. The van der Waals surface area contributed by atoms with E-state index in [1.54, 1.807) is 13.0 Å². The maximum Gasteiger partial charge on any atom is 0.340 e. The Hall–Kier alpha value is -1.71. The molecule has 1 fully saturated rings. The lowest BCUT2D eigenvalue weighted by Crippen LogP contribution is -2.23. The van der Waals surface area contributed by atoms with Crippen LogP contribution in [0, 0.1) is 0 Å². The van der Waals surface area contributed by atoms with Crippen molar-refractivity contribution in [2.45, 2.75) is 45.1 Å². The van der Waals surface area contributed by atoms with Gasteiger partial charge >= 0.3 is 5.97 Å². The van der Waals surface area contributed by atoms with Gasteiger partial charge in [0.2, 0.25) is 0 Å². The summed E-state index contributed by atoms with van der Waals surface area (Å²) in [5.74, 6) is -0.312. The summed E-state index contributed by atoms with van der Waals surface area (Å²) in [6, 6.07) is 5.82. The van der Waals surface area contributed by atoms with Crippen molar-refractivity contribution < 1.29 is 9.53 Å². The van der Waals surface area contributed by atoms with E-state index in [9.17, 15) is 4.79 Å². The molecule has 0 atom stereocenters. The lowest BCUT2D eigenvalue weighted by molar-refractivity contribution is 0.0527. The predicted molar refractivity (Wildman–Crippen MR) is 77.3 cm³/mol. The van der Waals surface area contributed by atoms with Crippen molar-refractivity contribution in [3.8, 4) is 0 Å². The summed E-state index contributed by atoms with van der Waals surface area (Å²) < 4.78 is 5.08. The van der Waals surface area contributed by atoms with Gasteiger partial charge in [-0.2, -0.15) is 0 Å². The predicted octanol–water partition coefficient (Wildman–Crippen LogP) is 3.19. The quantitative estimate of drug-likeness (QED) is 0.646. The zero-order valence-electron chi connectivity index (χ0n) is 11.4. The van der Waals surface area contributed by atoms with Crippen molar-refractivity contribution in [1.29, 1.82) is 0 Å². The van der Waals surface area contributed by atoms with Crippen LogP contribution in [0.1, 0.15) is 49.4 Å². The van der Waals surface area contributed by atoms with Gasteiger partial charge in [0.05, 0.1) is 12.2 Å². The molecular formula is C15H22N2O2. The number of nitrogen functional groups attached to an aromatic ring is 1. The second kappa shape index (κ2) is 6.45. The standard InChI is InChI=1S/C15H22N2O2/c1-2-19-15(18)13-10-11(16)8-9-14(13)17-12-6-4-3-5-7-12/h8-10,12,17H,2-7,16H2,1H3. The summed E-state index contributed by atoms with van der Waals surface area (Å²) in [7, 11) is 0. The van der Waals surface area contributed by atoms with Crippen LogP contribution in [0.4, 0.5) is 11.4 Å². The highest BCUT2D eigenvalue weighted by molar-refractivity contribution is 5.96. The molecule has 0 aliphatic heterocycles. The van der Waals surface area contributed by atoms with Crippen LogP contribution in [-0.2, 0) is 4.74 Å². The van der Waals surface area contributed by atoms with E-state index in [0.29, 0.717) is 23.9 Å². The molecule has 0 spiro atoms. The van der Waals surface area contributed by atoms with Gasteiger partial charge in [-0.3, -0.25) is 0 Å². The molecule has 0 unspecified atom stereocenters. The SMILES string of the molecule is CCOC(=O)c1cc(N)ccc1NC1CCCCC1. The molecule has 4 nitrogen and oxygen atoms in total. The van der Waals surface area contributed by atoms with Crippen LogP contribution >= 0.6 is 0 Å². The second-order valence-corrected chi connectivity index (χ2v) is 5.00. The monoisotopic (exact) mass is 262 g/mol. The highest BCUT2D eigenvalue weighted by Gasteiger charge is 2.18. The number of nitrogens with two attached hydrogens (primary N) is 1. The molecule has 0 bridgehead atoms. The summed E-state index contributed by atoms with van der Waals surface area (Å²) in [5.41, 5.74) is 7.71. The van der Waals surface area contributed by atoms with E-state index in [1.165, 1.54) is 19.3 Å². The number of benzene rings is 1. The van der Waals surface area contributed by atoms with Crippen LogP contribution in [0.3, 0.4) is 0 Å². The van der Waals surface area contributed by atoms with Crippen molar-refractivity contribution in [2.75, 3.05) is 17.7 Å². The maximum atomic E-state index is 11.9. The van der Waals surface area contributed by atoms with E-state index < -0.39 is 0 Å². The number of nitrogens with one attached hydrogen (secondary N) is 1. The first-order chi connectivity index (χ1) is 9.20. The third-order valence-electron chi connectivity index (χ3n) is 3.50. The summed E-state index contributed by atoms with van der Waals surface area (Å²) >= 11 is 0. The second-order valence-electron chi connectivity index (χ2n) is 5.00. The maximum absolute atomic E-state index is 11.9. The molecule has 104 valence electrons. The molecule has 0 radical (unpaired) electrons. The first-order valence-electron chi connectivity index (χ1n) is 7.04. The number of hydrogen-bond acceptors (Lipinski definition) is 4. The van der Waals surface area contributed by atoms with Gasteiger partial charge < -0.3 is 15.8 Å². The number of ether oxygens (including phenoxy) is 1. The van der Waals surface area contributed by atoms with Crippen molar-refractivity contribution in [3.63, 3.8) is 0 Å². The van der Waals surface area contributed by atoms with Crippen LogP contribution in [-0.4, -0.2) is 18.6 Å². The van der Waals surface area contributed by atoms with E-state index >= 15 is 0 Å². The summed E-state index contributed by atoms with van der Waals surface area (Å²) in [6.07, 6.45) is 6.13. The van der Waals surface area contributed by atoms with E-state index in [0.717, 1.165) is 18.5 Å². The lowest BCUT2D eigenvalue weighted by Gasteiger charge is -2.25. The topological polar surface area (TPSA) is 64.3 Å². The molecule has 0 saturated heterocycles. The largest absolute Gasteiger partial charge is 0.462 e. The summed E-state index contributed by atoms with van der Waals surface area (Å²) in [4.78, 5) is 11.9. The van der Waals surface area contributed by atoms with Gasteiger partial charge in [0.15, 0.2) is 0 Å². The number of carbonyl (C=O) groups is 1. The molecule has 4 heteroatoms. The lowest BCUT2D eigenvalue weighted by atomic mass is 9.95. The Kier molecular flexibility index (Phi) is 4.66. The van der Waals surface area contributed by atoms with Crippen LogP contribution in [0.2, 0.25) is 0 Å². The Morgan fingerprint density at radius 2 is 2.11 bits per heavy atom. The molecule has 1 saturated carbocycles. The van der Waals surface area contributed by atoms with Crippen LogP contribution in [0.15, 0.2) is 18.2 Å². The Balaban J connectivity index is 2.15. The zero-order valence-corrected chi connectivity index (χ0v) is 11.4. The van der Waals surface area contributed by atoms with Crippen molar-refractivity contribution in [2.24, 2.45) is 0 Å². The Bertz CT molecular complexity index is 440. The molecule has 3 N–H and O–H groups in total. The van der Waals surface area contributed by atoms with Crippen molar-refractivity contribution in [3.05, 3.63) is 23.8 Å². The molecule has 0 heterocycles. The third-order valence-corrected chi connectivity index (χ3v) is 3.50. The highest BCUT2D eigenvalue weighted by atomic mass is 16.5. The number of carbonyl (C=O) groups excluding carboxylic acids is 1. The number of hydrogen-bond donors (Lipinski definition) is 2. The fourth-order valence-corrected chi connectivity index (χ4v) is 2.53. The van der Waals surface area contributed by atoms with Gasteiger partial charge in [-0.25, -0.2) is 4.79 Å². The number of esters is 1. The van der Waals surface area contributed by atoms with Crippen LogP contribution in [0.25, 0.3) is 0 Å². The molecule has 1 aromatic rings. The minimum Gasteiger partial charge on any atom is -0.462 e. The first kappa shape index (κ1) is 13.7. The Morgan fingerprint density at radius 3 is 2.79 bits per heavy atom. The first-order valence-corrected chi connectivity index (χ1v) is 7.04. The summed E-state index contributed by atoms with van der Waals surface area (Å²) in [6.45, 7) is 2.18. The van der Waals surface area contributed by atoms with Gasteiger partial charge in [-0.05, 0) is 38.0 Å². The normalized spacial score (nSPS) is 16.1. The van der Waals surface area contributed by atoms with Crippen LogP contribution < -0.4 is 11.1 Å². The van der Waals surface area contributed by atoms with E-state index in [2.05, 4.69) is 5.32 Å². The van der Waals surface area contributed by atoms with Gasteiger partial charge in [0.25, 0.3) is 0 Å². The van der Waals surface area contributed by atoms with E-state index in [4.69, 9.17) is 10.5 Å². The molecular weight excluding hydrogens is 240 g/mol. The summed E-state index contributed by atoms with van der Waals surface area (Å²) in [5, 5.41) is 3.46. The Labute approximate surface area is 114 Å². The van der Waals surface area contributed by atoms with Gasteiger partial charge in [-0.1, -0.05) is 19.3 Å². The Morgan fingerprint density at radius 1 is 1.37 bits per heavy atom. The number of rotatable bonds is 4. The minimum absolute atomic E-state index is 0.312. The fraction of sp³-hybridized carbons (Fsp3) is 0.533. The minimum atomic E-state index is -0.312. The van der Waals surface area contributed by atoms with Gasteiger partial charge in [0, 0.05) is 17.4 Å². The molecule has 19 heavy (non-hydrogen) atoms. The molecule has 1 aliphatic carbocycles. The average Bonchev–Trinajstić information content (AvgIpc) is 2.42. The molecule has 1 aromatic carbocycles. The fourth-order valence-electron chi connectivity index (χ4n) is 2.53. The molecule has 1 aliphatic rings. The smallest absolute Gasteiger partial charge is 0.340 e. The molecule has 0 amide bonds. The zero-order chi connectivity index (χ0) is 13.7. The third kappa shape index (κ3) is 3.63. The molecule has 0 aromatic heterocycles. The van der Waals surface area contributed by atoms with E-state index in [-0.39, 0.29) is 5.97 Å². The van der Waals surface area contributed by atoms with Crippen molar-refractivity contribution >= 4 is 17.3 Å². The van der Waals surface area contributed by atoms with Gasteiger partial charge in [-0.15, -0.1) is 0 Å². The van der Waals surface area contributed by atoms with E-state index in [1.807, 2.05) is 12.1 Å². The van der Waals surface area contributed by atoms with Gasteiger partial charge in [0.1, 0.15) is 0 Å². The van der Waals surface area contributed by atoms with Crippen LogP contribution in [0.5, 0.6) is 0 Å². The van der Waals surface area contributed by atoms with Crippen molar-refractivity contribution in [1.82, 2.24) is 0 Å². The molecule has 2 rings (SSSR count). The average molecular weight is 262 g/mol.